The van der Waals surface area contributed by atoms with Crippen LogP contribution >= 0.6 is 15.9 Å². The predicted octanol–water partition coefficient (Wildman–Crippen LogP) is 2.96. The van der Waals surface area contributed by atoms with E-state index in [-0.39, 0.29) is 0 Å². The zero-order chi connectivity index (χ0) is 11.1. The van der Waals surface area contributed by atoms with Crippen LogP contribution < -0.4 is 0 Å². The fraction of sp³-hybridized carbons (Fsp3) is 1.00. The number of alkyl halides is 1. The molecule has 0 N–H and O–H groups in total. The molecule has 1 rings (SSSR count). The lowest BCUT2D eigenvalue weighted by Crippen LogP contribution is -2.46. The molecule has 0 heterocycles. The lowest BCUT2D eigenvalue weighted by Gasteiger charge is -2.29. The van der Waals surface area contributed by atoms with E-state index in [1.165, 1.54) is 12.8 Å². The molecule has 3 nitrogen and oxygen atoms in total. The molecule has 0 radical (unpaired) electrons. The maximum atomic E-state index is 6.07. The second-order valence-electron chi connectivity index (χ2n) is 3.91. The molecule has 0 aromatic heterocycles. The summed E-state index contributed by atoms with van der Waals surface area (Å²) in [5.74, 6) is 0. The number of halogens is 1. The van der Waals surface area contributed by atoms with Crippen LogP contribution in [-0.2, 0) is 13.3 Å². The Morgan fingerprint density at radius 2 is 1.80 bits per heavy atom. The Bertz CT molecular complexity index is 170. The summed E-state index contributed by atoms with van der Waals surface area (Å²) in [4.78, 5) is 0. The van der Waals surface area contributed by atoms with E-state index in [1.54, 1.807) is 14.2 Å². The zero-order valence-corrected chi connectivity index (χ0v) is 12.2. The van der Waals surface area contributed by atoms with Crippen molar-refractivity contribution in [2.45, 2.75) is 44.3 Å². The Labute approximate surface area is 102 Å². The highest BCUT2D eigenvalue weighted by molar-refractivity contribution is 9.09. The van der Waals surface area contributed by atoms with Crippen molar-refractivity contribution in [3.8, 4) is 0 Å². The summed E-state index contributed by atoms with van der Waals surface area (Å²) in [6.07, 6.45) is 6.29. The molecule has 0 aromatic rings. The molecular weight excluding hydrogens is 276 g/mol. The van der Waals surface area contributed by atoms with E-state index in [9.17, 15) is 0 Å². The van der Waals surface area contributed by atoms with Gasteiger partial charge >= 0.3 is 8.80 Å². The van der Waals surface area contributed by atoms with Gasteiger partial charge in [0, 0.05) is 31.7 Å². The van der Waals surface area contributed by atoms with Gasteiger partial charge in [0.15, 0.2) is 0 Å². The second-order valence-corrected chi connectivity index (χ2v) is 7.62. The topological polar surface area (TPSA) is 27.7 Å². The molecule has 5 heteroatoms. The van der Waals surface area contributed by atoms with Crippen LogP contribution in [0, 0.1) is 0 Å². The van der Waals surface area contributed by atoms with Crippen molar-refractivity contribution in [3.63, 3.8) is 0 Å². The molecule has 1 saturated carbocycles. The molecule has 0 unspecified atom stereocenters. The van der Waals surface area contributed by atoms with Gasteiger partial charge in [-0.25, -0.2) is 0 Å². The van der Waals surface area contributed by atoms with Crippen LogP contribution in [0.3, 0.4) is 0 Å². The van der Waals surface area contributed by atoms with E-state index in [0.29, 0.717) is 6.10 Å². The van der Waals surface area contributed by atoms with Crippen molar-refractivity contribution < 1.29 is 13.3 Å². The van der Waals surface area contributed by atoms with Gasteiger partial charge in [-0.2, -0.15) is 0 Å². The minimum absolute atomic E-state index is 0.367. The Kier molecular flexibility index (Phi) is 6.38. The first-order valence-corrected chi connectivity index (χ1v) is 8.66. The highest BCUT2D eigenvalue weighted by atomic mass is 79.9. The molecule has 1 aliphatic rings. The van der Waals surface area contributed by atoms with E-state index >= 15 is 0 Å². The third kappa shape index (κ3) is 4.15. The van der Waals surface area contributed by atoms with Crippen molar-refractivity contribution in [2.24, 2.45) is 0 Å². The van der Waals surface area contributed by atoms with Crippen LogP contribution in [0.15, 0.2) is 0 Å². The smallest absolute Gasteiger partial charge is 0.377 e. The molecular formula is C10H21BrO3Si. The molecule has 0 bridgehead atoms. The number of rotatable bonds is 7. The molecule has 15 heavy (non-hydrogen) atoms. The van der Waals surface area contributed by atoms with Crippen molar-refractivity contribution in [1.82, 2.24) is 0 Å². The van der Waals surface area contributed by atoms with Gasteiger partial charge in [0.05, 0.1) is 0 Å². The number of hydrogen-bond acceptors (Lipinski definition) is 3. The molecule has 0 aliphatic heterocycles. The van der Waals surface area contributed by atoms with Crippen LogP contribution in [0.1, 0.15) is 32.1 Å². The van der Waals surface area contributed by atoms with Crippen LogP contribution in [0.2, 0.25) is 6.04 Å². The molecule has 1 aliphatic carbocycles. The van der Waals surface area contributed by atoms with E-state index < -0.39 is 8.80 Å². The summed E-state index contributed by atoms with van der Waals surface area (Å²) in [5.41, 5.74) is 0. The number of hydrogen-bond donors (Lipinski definition) is 0. The van der Waals surface area contributed by atoms with Gasteiger partial charge in [-0.05, 0) is 19.3 Å². The highest BCUT2D eigenvalue weighted by Crippen LogP contribution is 2.27. The first-order chi connectivity index (χ1) is 7.26. The van der Waals surface area contributed by atoms with E-state index in [4.69, 9.17) is 13.3 Å². The third-order valence-corrected chi connectivity index (χ3v) is 6.35. The van der Waals surface area contributed by atoms with Gasteiger partial charge in [0.25, 0.3) is 0 Å². The van der Waals surface area contributed by atoms with Crippen molar-refractivity contribution in [3.05, 3.63) is 0 Å². The lowest BCUT2D eigenvalue weighted by atomic mass is 10.3. The van der Waals surface area contributed by atoms with E-state index in [1.807, 2.05) is 0 Å². The lowest BCUT2D eigenvalue weighted by molar-refractivity contribution is 0.0578. The SMILES string of the molecule is CO[Si](CCCBr)(OC)OC1CCCC1. The molecule has 1 fully saturated rings. The molecule has 0 atom stereocenters. The van der Waals surface area contributed by atoms with Gasteiger partial charge in [-0.15, -0.1) is 0 Å². The summed E-state index contributed by atoms with van der Waals surface area (Å²) in [5, 5.41) is 0.975. The van der Waals surface area contributed by atoms with Gasteiger partial charge in [0.2, 0.25) is 0 Å². The predicted molar refractivity (Wildman–Crippen MR) is 66.3 cm³/mol. The van der Waals surface area contributed by atoms with Crippen molar-refractivity contribution >= 4 is 24.7 Å². The van der Waals surface area contributed by atoms with Gasteiger partial charge in [0.1, 0.15) is 0 Å². The van der Waals surface area contributed by atoms with Crippen LogP contribution in [0.25, 0.3) is 0 Å². The van der Waals surface area contributed by atoms with E-state index in [0.717, 1.165) is 30.6 Å². The zero-order valence-electron chi connectivity index (χ0n) is 9.63. The average Bonchev–Trinajstić information content (AvgIpc) is 2.77. The molecule has 0 spiro atoms. The second kappa shape index (κ2) is 7.01. The van der Waals surface area contributed by atoms with Crippen molar-refractivity contribution in [2.75, 3.05) is 19.5 Å². The standard InChI is InChI=1S/C10H21BrO3Si/c1-12-15(13-2,9-5-8-11)14-10-6-3-4-7-10/h10H,3-9H2,1-2H3. The first kappa shape index (κ1) is 13.6. The summed E-state index contributed by atoms with van der Waals surface area (Å²) in [6, 6.07) is 0.905. The van der Waals surface area contributed by atoms with Gasteiger partial charge < -0.3 is 13.3 Å². The summed E-state index contributed by atoms with van der Waals surface area (Å²) in [6.45, 7) is 0. The largest absolute Gasteiger partial charge is 0.500 e. The van der Waals surface area contributed by atoms with E-state index in [2.05, 4.69) is 15.9 Å². The third-order valence-electron chi connectivity index (χ3n) is 2.89. The Balaban J connectivity index is 2.45. The van der Waals surface area contributed by atoms with Gasteiger partial charge in [-0.3, -0.25) is 0 Å². The Morgan fingerprint density at radius 3 is 2.27 bits per heavy atom. The molecule has 90 valence electrons. The minimum atomic E-state index is -2.36. The van der Waals surface area contributed by atoms with Crippen LogP contribution in [-0.4, -0.2) is 34.5 Å². The maximum Gasteiger partial charge on any atom is 0.500 e. The van der Waals surface area contributed by atoms with Crippen molar-refractivity contribution in [1.29, 1.82) is 0 Å². The van der Waals surface area contributed by atoms with Crippen LogP contribution in [0.4, 0.5) is 0 Å². The minimum Gasteiger partial charge on any atom is -0.377 e. The highest BCUT2D eigenvalue weighted by Gasteiger charge is 2.41. The summed E-state index contributed by atoms with van der Waals surface area (Å²) in [7, 11) is 1.06. The first-order valence-electron chi connectivity index (χ1n) is 5.60. The Hall–Kier alpha value is 0.577. The van der Waals surface area contributed by atoms with Gasteiger partial charge in [-0.1, -0.05) is 28.8 Å². The normalized spacial score (nSPS) is 18.6. The quantitative estimate of drug-likeness (QED) is 0.534. The summed E-state index contributed by atoms with van der Waals surface area (Å²) >= 11 is 3.43. The molecule has 0 saturated heterocycles. The monoisotopic (exact) mass is 296 g/mol. The maximum absolute atomic E-state index is 6.07. The van der Waals surface area contributed by atoms with Crippen LogP contribution in [0.5, 0.6) is 0 Å². The average molecular weight is 297 g/mol. The fourth-order valence-corrected chi connectivity index (χ4v) is 5.02. The molecule has 0 aromatic carbocycles. The Morgan fingerprint density at radius 1 is 1.20 bits per heavy atom. The fourth-order valence-electron chi connectivity index (χ4n) is 1.99. The summed E-state index contributed by atoms with van der Waals surface area (Å²) < 4.78 is 17.1. The molecule has 0 amide bonds.